The monoisotopic (exact) mass is 313 g/mol. The first-order chi connectivity index (χ1) is 9.56. The average molecular weight is 313 g/mol. The normalized spacial score (nSPS) is 11.2. The van der Waals surface area contributed by atoms with Gasteiger partial charge in [-0.1, -0.05) is 0 Å². The second-order valence-electron chi connectivity index (χ2n) is 4.45. The summed E-state index contributed by atoms with van der Waals surface area (Å²) in [7, 11) is 3.98. The summed E-state index contributed by atoms with van der Waals surface area (Å²) >= 11 is -2.19. The molecule has 0 amide bonds. The molecule has 0 bridgehead atoms. The molecular formula is C14H16N3NaO2S. The van der Waals surface area contributed by atoms with Crippen LogP contribution in [0.3, 0.4) is 0 Å². The molecule has 5 nitrogen and oxygen atoms in total. The van der Waals surface area contributed by atoms with Crippen LogP contribution in [-0.4, -0.2) is 22.9 Å². The zero-order chi connectivity index (χ0) is 14.5. The van der Waals surface area contributed by atoms with Gasteiger partial charge in [0.2, 0.25) is 0 Å². The first-order valence-corrected chi connectivity index (χ1v) is 7.12. The van der Waals surface area contributed by atoms with Crippen molar-refractivity contribution in [3.05, 3.63) is 48.5 Å². The van der Waals surface area contributed by atoms with Crippen LogP contribution in [0.2, 0.25) is 0 Å². The fourth-order valence-electron chi connectivity index (χ4n) is 1.64. The van der Waals surface area contributed by atoms with Gasteiger partial charge < -0.3 is 20.3 Å². The topological polar surface area (TPSA) is 67.4 Å². The molecule has 0 aliphatic heterocycles. The fourth-order valence-corrected chi connectivity index (χ4v) is 1.99. The Morgan fingerprint density at radius 2 is 1.33 bits per heavy atom. The third kappa shape index (κ3) is 5.33. The van der Waals surface area contributed by atoms with Gasteiger partial charge in [0, 0.05) is 24.7 Å². The summed E-state index contributed by atoms with van der Waals surface area (Å²) in [5, 5.41) is 0. The maximum Gasteiger partial charge on any atom is 1.00 e. The van der Waals surface area contributed by atoms with Crippen molar-refractivity contribution in [3.8, 4) is 0 Å². The minimum Gasteiger partial charge on any atom is -0.768 e. The third-order valence-corrected chi connectivity index (χ3v) is 3.44. The van der Waals surface area contributed by atoms with Crippen molar-refractivity contribution in [3.63, 3.8) is 0 Å². The Hall–Kier alpha value is -1.05. The van der Waals surface area contributed by atoms with Crippen LogP contribution in [0.5, 0.6) is 0 Å². The second kappa shape index (κ2) is 8.41. The number of hydrazine groups is 1. The molecule has 0 aromatic heterocycles. The van der Waals surface area contributed by atoms with E-state index < -0.39 is 11.1 Å². The Labute approximate surface area is 149 Å². The summed E-state index contributed by atoms with van der Waals surface area (Å²) in [6.45, 7) is 0. The van der Waals surface area contributed by atoms with Gasteiger partial charge in [0.15, 0.2) is 0 Å². The number of rotatable bonds is 5. The molecule has 2 rings (SSSR count). The molecular weight excluding hydrogens is 297 g/mol. The summed E-state index contributed by atoms with van der Waals surface area (Å²) in [4.78, 5) is 2.30. The van der Waals surface area contributed by atoms with E-state index >= 15 is 0 Å². The van der Waals surface area contributed by atoms with Crippen molar-refractivity contribution in [2.45, 2.75) is 4.90 Å². The summed E-state index contributed by atoms with van der Waals surface area (Å²) in [5.74, 6) is 0. The standard InChI is InChI=1S/C14H17N3O2S.Na/c1-17(2)13-7-3-11(4-8-13)15-16-12-5-9-14(10-6-12)20(18)19;/h3-10,15-16H,1-2H3,(H,18,19);/q;+1/p-1. The van der Waals surface area contributed by atoms with Crippen molar-refractivity contribution < 1.29 is 38.3 Å². The van der Waals surface area contributed by atoms with Gasteiger partial charge in [0.1, 0.15) is 0 Å². The number of benzene rings is 2. The van der Waals surface area contributed by atoms with Gasteiger partial charge in [0.25, 0.3) is 0 Å². The van der Waals surface area contributed by atoms with Crippen molar-refractivity contribution in [1.29, 1.82) is 0 Å². The summed E-state index contributed by atoms with van der Waals surface area (Å²) < 4.78 is 21.5. The Bertz CT molecular complexity index is 588. The van der Waals surface area contributed by atoms with Crippen LogP contribution in [-0.2, 0) is 11.1 Å². The number of nitrogens with one attached hydrogen (secondary N) is 2. The van der Waals surface area contributed by atoms with Gasteiger partial charge in [-0.05, 0) is 59.6 Å². The minimum atomic E-state index is -2.19. The smallest absolute Gasteiger partial charge is 0.768 e. The van der Waals surface area contributed by atoms with Crippen LogP contribution in [0.25, 0.3) is 0 Å². The first kappa shape index (κ1) is 18.0. The molecule has 106 valence electrons. The van der Waals surface area contributed by atoms with Gasteiger partial charge in [-0.2, -0.15) is 0 Å². The van der Waals surface area contributed by atoms with E-state index in [2.05, 4.69) is 10.9 Å². The molecule has 21 heavy (non-hydrogen) atoms. The van der Waals surface area contributed by atoms with E-state index in [0.717, 1.165) is 17.1 Å². The van der Waals surface area contributed by atoms with Crippen LogP contribution in [0.4, 0.5) is 17.1 Å². The second-order valence-corrected chi connectivity index (χ2v) is 5.39. The Balaban J connectivity index is 0.00000220. The van der Waals surface area contributed by atoms with Gasteiger partial charge in [-0.25, -0.2) is 0 Å². The average Bonchev–Trinajstić information content (AvgIpc) is 2.46. The molecule has 2 N–H and O–H groups in total. The molecule has 7 heteroatoms. The van der Waals surface area contributed by atoms with Gasteiger partial charge in [-0.15, -0.1) is 0 Å². The molecule has 0 saturated heterocycles. The number of anilines is 3. The SMILES string of the molecule is CN(C)c1ccc(NNc2ccc(S(=O)[O-])cc2)cc1.[Na+]. The van der Waals surface area contributed by atoms with Gasteiger partial charge in [0.05, 0.1) is 11.4 Å². The fraction of sp³-hybridized carbons (Fsp3) is 0.143. The van der Waals surface area contributed by atoms with Gasteiger partial charge >= 0.3 is 29.6 Å². The molecule has 0 radical (unpaired) electrons. The van der Waals surface area contributed by atoms with Crippen molar-refractivity contribution in [1.82, 2.24) is 0 Å². The minimum absolute atomic E-state index is 0. The number of hydrogen-bond donors (Lipinski definition) is 2. The zero-order valence-corrected chi connectivity index (χ0v) is 15.1. The van der Waals surface area contributed by atoms with Crippen molar-refractivity contribution in [2.75, 3.05) is 29.8 Å². The van der Waals surface area contributed by atoms with E-state index in [1.54, 1.807) is 24.3 Å². The predicted molar refractivity (Wildman–Crippen MR) is 81.6 cm³/mol. The summed E-state index contributed by atoms with van der Waals surface area (Å²) in [6, 6.07) is 14.4. The van der Waals surface area contributed by atoms with Crippen LogP contribution < -0.4 is 45.3 Å². The molecule has 0 fully saturated rings. The summed E-state index contributed by atoms with van der Waals surface area (Å²) in [5.41, 5.74) is 8.90. The quantitative estimate of drug-likeness (QED) is 0.440. The molecule has 1 atom stereocenters. The molecule has 0 aliphatic rings. The van der Waals surface area contributed by atoms with Crippen LogP contribution in [0, 0.1) is 0 Å². The van der Waals surface area contributed by atoms with Gasteiger partial charge in [-0.3, -0.25) is 4.21 Å². The van der Waals surface area contributed by atoms with E-state index in [-0.39, 0.29) is 34.5 Å². The molecule has 0 heterocycles. The Morgan fingerprint density at radius 1 is 0.905 bits per heavy atom. The third-order valence-electron chi connectivity index (χ3n) is 2.78. The van der Waals surface area contributed by atoms with Crippen LogP contribution >= 0.6 is 0 Å². The molecule has 1 unspecified atom stereocenters. The Kier molecular flexibility index (Phi) is 7.21. The zero-order valence-electron chi connectivity index (χ0n) is 12.3. The number of nitrogens with zero attached hydrogens (tertiary/aromatic N) is 1. The van der Waals surface area contributed by atoms with E-state index in [0.29, 0.717) is 0 Å². The van der Waals surface area contributed by atoms with Crippen molar-refractivity contribution in [2.24, 2.45) is 0 Å². The maximum atomic E-state index is 10.7. The van der Waals surface area contributed by atoms with E-state index in [1.807, 2.05) is 43.3 Å². The molecule has 0 saturated carbocycles. The van der Waals surface area contributed by atoms with E-state index in [9.17, 15) is 8.76 Å². The number of hydrogen-bond acceptors (Lipinski definition) is 5. The van der Waals surface area contributed by atoms with Crippen molar-refractivity contribution >= 4 is 28.1 Å². The van der Waals surface area contributed by atoms with E-state index in [4.69, 9.17) is 0 Å². The Morgan fingerprint density at radius 3 is 1.71 bits per heavy atom. The van der Waals surface area contributed by atoms with E-state index in [1.165, 1.54) is 0 Å². The van der Waals surface area contributed by atoms with Crippen LogP contribution in [0.15, 0.2) is 53.4 Å². The summed E-state index contributed by atoms with van der Waals surface area (Å²) in [6.07, 6.45) is 0. The molecule has 0 aliphatic carbocycles. The molecule has 2 aromatic carbocycles. The molecule has 0 spiro atoms. The first-order valence-electron chi connectivity index (χ1n) is 6.05. The van der Waals surface area contributed by atoms with Crippen LogP contribution in [0.1, 0.15) is 0 Å². The molecule has 2 aromatic rings. The largest absolute Gasteiger partial charge is 1.00 e. The predicted octanol–water partition coefficient (Wildman–Crippen LogP) is -0.566. The maximum absolute atomic E-state index is 10.7.